The topological polar surface area (TPSA) is 100 Å². The predicted molar refractivity (Wildman–Crippen MR) is 127 cm³/mol. The Kier molecular flexibility index (Phi) is 6.68. The van der Waals surface area contributed by atoms with E-state index in [2.05, 4.69) is 4.99 Å². The maximum Gasteiger partial charge on any atom is 0.363 e. The van der Waals surface area contributed by atoms with Crippen LogP contribution in [-0.2, 0) is 16.0 Å². The third-order valence-electron chi connectivity index (χ3n) is 5.24. The first-order valence-corrected chi connectivity index (χ1v) is 10.6. The summed E-state index contributed by atoms with van der Waals surface area (Å²) in [6.45, 7) is 2.11. The average Bonchev–Trinajstić information content (AvgIpc) is 3.20. The highest BCUT2D eigenvalue weighted by atomic mass is 16.6. The van der Waals surface area contributed by atoms with Crippen molar-refractivity contribution in [3.63, 3.8) is 0 Å². The van der Waals surface area contributed by atoms with Crippen LogP contribution in [0.5, 0.6) is 11.5 Å². The molecule has 0 saturated carbocycles. The first-order chi connectivity index (χ1) is 16.4. The summed E-state index contributed by atoms with van der Waals surface area (Å²) < 4.78 is 16.6. The molecule has 3 aromatic rings. The number of carbonyl (C=O) groups is 1. The number of hydrogen-bond donors (Lipinski definition) is 0. The summed E-state index contributed by atoms with van der Waals surface area (Å²) in [5.41, 5.74) is 2.91. The number of rotatable bonds is 8. The second-order valence-corrected chi connectivity index (χ2v) is 7.59. The average molecular weight is 458 g/mol. The number of methoxy groups -OCH3 is 1. The van der Waals surface area contributed by atoms with E-state index >= 15 is 0 Å². The second-order valence-electron chi connectivity index (χ2n) is 7.59. The number of hydrogen-bond acceptors (Lipinski definition) is 7. The highest BCUT2D eigenvalue weighted by Gasteiger charge is 2.25. The van der Waals surface area contributed by atoms with E-state index in [9.17, 15) is 14.9 Å². The molecule has 8 heteroatoms. The van der Waals surface area contributed by atoms with E-state index in [-0.39, 0.29) is 17.3 Å². The highest BCUT2D eigenvalue weighted by molar-refractivity contribution is 6.13. The van der Waals surface area contributed by atoms with Crippen molar-refractivity contribution in [2.45, 2.75) is 13.3 Å². The molecule has 1 aliphatic heterocycles. The van der Waals surface area contributed by atoms with Crippen LogP contribution in [-0.4, -0.2) is 30.5 Å². The molecule has 0 amide bonds. The van der Waals surface area contributed by atoms with Crippen LogP contribution in [0.4, 0.5) is 5.69 Å². The molecule has 0 radical (unpaired) electrons. The van der Waals surface area contributed by atoms with Gasteiger partial charge in [-0.25, -0.2) is 9.79 Å². The third-order valence-corrected chi connectivity index (χ3v) is 5.24. The van der Waals surface area contributed by atoms with Crippen LogP contribution in [0.1, 0.15) is 22.3 Å². The van der Waals surface area contributed by atoms with Gasteiger partial charge in [-0.15, -0.1) is 0 Å². The molecule has 0 unspecified atom stereocenters. The van der Waals surface area contributed by atoms with Gasteiger partial charge in [-0.3, -0.25) is 10.1 Å². The number of ether oxygens (including phenoxy) is 3. The van der Waals surface area contributed by atoms with Crippen LogP contribution in [0.25, 0.3) is 6.08 Å². The molecule has 0 saturated heterocycles. The fraction of sp³-hybridized carbons (Fsp3) is 0.154. The number of aryl methyl sites for hydroxylation is 1. The minimum atomic E-state index is -0.604. The van der Waals surface area contributed by atoms with E-state index in [0.29, 0.717) is 34.8 Å². The number of nitro groups is 1. The first kappa shape index (κ1) is 22.7. The fourth-order valence-electron chi connectivity index (χ4n) is 3.50. The molecule has 8 nitrogen and oxygen atoms in total. The number of cyclic esters (lactones) is 1. The van der Waals surface area contributed by atoms with Gasteiger partial charge in [-0.1, -0.05) is 36.4 Å². The molecule has 0 atom stereocenters. The Labute approximate surface area is 196 Å². The van der Waals surface area contributed by atoms with Crippen molar-refractivity contribution >= 4 is 23.6 Å². The van der Waals surface area contributed by atoms with Crippen LogP contribution < -0.4 is 9.47 Å². The van der Waals surface area contributed by atoms with E-state index < -0.39 is 10.9 Å². The molecule has 3 aromatic carbocycles. The molecule has 172 valence electrons. The van der Waals surface area contributed by atoms with Gasteiger partial charge in [0.2, 0.25) is 5.90 Å². The first-order valence-electron chi connectivity index (χ1n) is 10.6. The predicted octanol–water partition coefficient (Wildman–Crippen LogP) is 4.88. The van der Waals surface area contributed by atoms with E-state index in [0.717, 1.165) is 6.42 Å². The maximum atomic E-state index is 12.4. The van der Waals surface area contributed by atoms with Crippen LogP contribution in [0, 0.1) is 17.0 Å². The second kappa shape index (κ2) is 9.99. The summed E-state index contributed by atoms with van der Waals surface area (Å²) >= 11 is 0. The van der Waals surface area contributed by atoms with E-state index in [4.69, 9.17) is 14.2 Å². The molecule has 0 spiro atoms. The zero-order valence-corrected chi connectivity index (χ0v) is 18.7. The maximum absolute atomic E-state index is 12.4. The molecule has 1 heterocycles. The van der Waals surface area contributed by atoms with Gasteiger partial charge in [0.15, 0.2) is 17.2 Å². The lowest BCUT2D eigenvalue weighted by Crippen LogP contribution is -2.06. The van der Waals surface area contributed by atoms with Crippen molar-refractivity contribution in [2.24, 2.45) is 4.99 Å². The number of aliphatic imine (C=N–C) groups is 1. The molecule has 0 fully saturated rings. The summed E-state index contributed by atoms with van der Waals surface area (Å²) in [4.78, 5) is 27.2. The number of carbonyl (C=O) groups excluding carboxylic acids is 1. The van der Waals surface area contributed by atoms with Crippen molar-refractivity contribution in [2.75, 3.05) is 13.7 Å². The smallest absolute Gasteiger partial charge is 0.363 e. The Hall–Kier alpha value is -4.46. The molecule has 34 heavy (non-hydrogen) atoms. The van der Waals surface area contributed by atoms with Gasteiger partial charge in [-0.2, -0.15) is 0 Å². The standard InChI is InChI=1S/C26H22N2O6/c1-17-14-20(9-10-22(17)28(30)31)25-27-21(26(29)34-25)15-19-8-11-23(24(16-19)32-2)33-13-12-18-6-4-3-5-7-18/h3-11,14-16H,12-13H2,1-2H3/b21-15-. The zero-order chi connectivity index (χ0) is 24.1. The van der Waals surface area contributed by atoms with Gasteiger partial charge >= 0.3 is 5.97 Å². The highest BCUT2D eigenvalue weighted by Crippen LogP contribution is 2.30. The van der Waals surface area contributed by atoms with Gasteiger partial charge in [0.05, 0.1) is 18.6 Å². The minimum Gasteiger partial charge on any atom is -0.493 e. The van der Waals surface area contributed by atoms with Crippen LogP contribution in [0.2, 0.25) is 0 Å². The summed E-state index contributed by atoms with van der Waals surface area (Å²) in [6, 6.07) is 19.8. The Balaban J connectivity index is 1.50. The van der Waals surface area contributed by atoms with Gasteiger partial charge in [0.1, 0.15) is 0 Å². The Morgan fingerprint density at radius 1 is 1.06 bits per heavy atom. The van der Waals surface area contributed by atoms with Gasteiger partial charge in [0, 0.05) is 23.6 Å². The van der Waals surface area contributed by atoms with Gasteiger partial charge in [0.25, 0.3) is 5.69 Å². The van der Waals surface area contributed by atoms with Crippen molar-refractivity contribution < 1.29 is 23.9 Å². The lowest BCUT2D eigenvalue weighted by Gasteiger charge is -2.11. The van der Waals surface area contributed by atoms with Crippen molar-refractivity contribution in [3.05, 3.63) is 105 Å². The molecule has 1 aliphatic rings. The minimum absolute atomic E-state index is 0.0115. The molecule has 4 rings (SSSR count). The number of benzene rings is 3. The van der Waals surface area contributed by atoms with E-state index in [1.807, 2.05) is 30.3 Å². The number of nitro benzene ring substituents is 1. The van der Waals surface area contributed by atoms with Gasteiger partial charge < -0.3 is 14.2 Å². The van der Waals surface area contributed by atoms with E-state index in [1.165, 1.54) is 17.7 Å². The Morgan fingerprint density at radius 3 is 2.56 bits per heavy atom. The SMILES string of the molecule is COc1cc(/C=C2\N=C(c3ccc([N+](=O)[O-])c(C)c3)OC2=O)ccc1OCCc1ccccc1. The van der Waals surface area contributed by atoms with Crippen LogP contribution in [0.3, 0.4) is 0 Å². The number of esters is 1. The lowest BCUT2D eigenvalue weighted by molar-refractivity contribution is -0.385. The quantitative estimate of drug-likeness (QED) is 0.206. The van der Waals surface area contributed by atoms with Crippen molar-refractivity contribution in [1.29, 1.82) is 0 Å². The molecule has 0 N–H and O–H groups in total. The Bertz CT molecular complexity index is 1300. The molecule has 0 aliphatic carbocycles. The summed E-state index contributed by atoms with van der Waals surface area (Å²) in [5.74, 6) is 0.624. The normalized spacial score (nSPS) is 14.0. The largest absolute Gasteiger partial charge is 0.493 e. The third kappa shape index (κ3) is 5.12. The van der Waals surface area contributed by atoms with Gasteiger partial charge in [-0.05, 0) is 48.4 Å². The summed E-state index contributed by atoms with van der Waals surface area (Å²) in [5, 5.41) is 11.0. The molecule has 0 aromatic heterocycles. The molecular weight excluding hydrogens is 436 g/mol. The fourth-order valence-corrected chi connectivity index (χ4v) is 3.50. The molecular formula is C26H22N2O6. The molecule has 0 bridgehead atoms. The van der Waals surface area contributed by atoms with Crippen LogP contribution >= 0.6 is 0 Å². The van der Waals surface area contributed by atoms with Crippen molar-refractivity contribution in [1.82, 2.24) is 0 Å². The van der Waals surface area contributed by atoms with E-state index in [1.54, 1.807) is 44.4 Å². The van der Waals surface area contributed by atoms with Crippen molar-refractivity contribution in [3.8, 4) is 11.5 Å². The number of nitrogens with zero attached hydrogens (tertiary/aromatic N) is 2. The Morgan fingerprint density at radius 2 is 1.85 bits per heavy atom. The van der Waals surface area contributed by atoms with Crippen LogP contribution in [0.15, 0.2) is 77.4 Å². The summed E-state index contributed by atoms with van der Waals surface area (Å²) in [6.07, 6.45) is 2.35. The lowest BCUT2D eigenvalue weighted by atomic mass is 10.1. The summed E-state index contributed by atoms with van der Waals surface area (Å²) in [7, 11) is 1.55. The monoisotopic (exact) mass is 458 g/mol. The zero-order valence-electron chi connectivity index (χ0n) is 18.7.